The smallest absolute Gasteiger partial charge is 0.0745 e. The zero-order chi connectivity index (χ0) is 25.1. The molecule has 2 aliphatic carbocycles. The Balaban J connectivity index is 0.000000320. The number of hydrogen-bond acceptors (Lipinski definition) is 4. The largest absolute Gasteiger partial charge is 0.391 e. The van der Waals surface area contributed by atoms with Gasteiger partial charge in [-0.3, -0.25) is 0 Å². The van der Waals surface area contributed by atoms with Gasteiger partial charge in [0.1, 0.15) is 0 Å². The monoisotopic (exact) mass is 456 g/mol. The summed E-state index contributed by atoms with van der Waals surface area (Å²) in [7, 11) is 0. The van der Waals surface area contributed by atoms with Gasteiger partial charge in [0.2, 0.25) is 0 Å². The zero-order valence-corrected chi connectivity index (χ0v) is 23.4. The summed E-state index contributed by atoms with van der Waals surface area (Å²) in [5, 5.41) is 18.7. The van der Waals surface area contributed by atoms with Crippen molar-refractivity contribution in [1.82, 2.24) is 0 Å². The van der Waals surface area contributed by atoms with Crippen LogP contribution in [0.15, 0.2) is 0 Å². The fraction of sp³-hybridized carbons (Fsp3) is 1.00. The number of hydrogen-bond donors (Lipinski definition) is 2. The highest BCUT2D eigenvalue weighted by atomic mass is 16.5. The van der Waals surface area contributed by atoms with E-state index in [0.29, 0.717) is 25.0 Å². The SMILES string of the molecule is C[C@H](O)CO[C@@H]1C(C)(C)CC[C@H](C)C1(C)C.C[C@H](O)CO[C@H]1C(C)(C)CC[C@@H](C)C1(C)C. The second-order valence-corrected chi connectivity index (χ2v) is 13.6. The molecule has 4 heteroatoms. The summed E-state index contributed by atoms with van der Waals surface area (Å²) in [5.74, 6) is 1.36. The van der Waals surface area contributed by atoms with E-state index in [-0.39, 0.29) is 46.1 Å². The van der Waals surface area contributed by atoms with Gasteiger partial charge in [-0.15, -0.1) is 0 Å². The Labute approximate surface area is 199 Å². The van der Waals surface area contributed by atoms with E-state index in [9.17, 15) is 10.2 Å². The summed E-state index contributed by atoms with van der Waals surface area (Å²) in [6.07, 6.45) is 4.69. The van der Waals surface area contributed by atoms with Crippen LogP contribution in [0.3, 0.4) is 0 Å². The maximum atomic E-state index is 9.36. The average molecular weight is 457 g/mol. The lowest BCUT2D eigenvalue weighted by atomic mass is 9.58. The van der Waals surface area contributed by atoms with Crippen LogP contribution >= 0.6 is 0 Å². The Morgan fingerprint density at radius 2 is 0.938 bits per heavy atom. The minimum atomic E-state index is -0.371. The van der Waals surface area contributed by atoms with Crippen LogP contribution in [0.2, 0.25) is 0 Å². The molecule has 0 saturated heterocycles. The van der Waals surface area contributed by atoms with Crippen molar-refractivity contribution in [3.63, 3.8) is 0 Å². The standard InChI is InChI=1S/2C14H28O2/c2*1-10-7-8-13(3,4)12(14(10,5)6)16-9-11(2)15/h2*10-12,15H,7-9H2,1-6H3/t10-,11+,12+;10-,11-,12+/m10/s1. The quantitative estimate of drug-likeness (QED) is 0.481. The van der Waals surface area contributed by atoms with Gasteiger partial charge in [0.15, 0.2) is 0 Å². The first-order valence-corrected chi connectivity index (χ1v) is 12.9. The van der Waals surface area contributed by atoms with E-state index in [1.807, 2.05) is 0 Å². The molecule has 2 N–H and O–H groups in total. The molecule has 0 aromatic rings. The average Bonchev–Trinajstić information content (AvgIpc) is 2.61. The first-order chi connectivity index (χ1) is 14.4. The first-order valence-electron chi connectivity index (χ1n) is 12.9. The third-order valence-electron chi connectivity index (χ3n) is 8.76. The third kappa shape index (κ3) is 7.42. The molecule has 0 aliphatic heterocycles. The van der Waals surface area contributed by atoms with Crippen molar-refractivity contribution in [1.29, 1.82) is 0 Å². The van der Waals surface area contributed by atoms with E-state index in [1.165, 1.54) is 25.7 Å². The van der Waals surface area contributed by atoms with Crippen molar-refractivity contribution in [2.24, 2.45) is 33.5 Å². The molecule has 0 aromatic heterocycles. The molecular weight excluding hydrogens is 400 g/mol. The van der Waals surface area contributed by atoms with E-state index >= 15 is 0 Å². The van der Waals surface area contributed by atoms with Crippen molar-refractivity contribution < 1.29 is 19.7 Å². The van der Waals surface area contributed by atoms with Gasteiger partial charge >= 0.3 is 0 Å². The van der Waals surface area contributed by atoms with Crippen LogP contribution < -0.4 is 0 Å². The summed E-state index contributed by atoms with van der Waals surface area (Å²) in [6.45, 7) is 27.4. The predicted molar refractivity (Wildman–Crippen MR) is 135 cm³/mol. The molecule has 2 fully saturated rings. The van der Waals surface area contributed by atoms with E-state index in [1.54, 1.807) is 13.8 Å². The van der Waals surface area contributed by atoms with Crippen molar-refractivity contribution in [3.8, 4) is 0 Å². The van der Waals surface area contributed by atoms with Crippen molar-refractivity contribution in [2.45, 2.75) is 133 Å². The molecule has 2 rings (SSSR count). The lowest BCUT2D eigenvalue weighted by Gasteiger charge is -2.52. The summed E-state index contributed by atoms with van der Waals surface area (Å²) in [4.78, 5) is 0. The van der Waals surface area contributed by atoms with Gasteiger partial charge in [-0.2, -0.15) is 0 Å². The van der Waals surface area contributed by atoms with Gasteiger partial charge in [0.05, 0.1) is 37.6 Å². The molecular formula is C28H56O4. The lowest BCUT2D eigenvalue weighted by Crippen LogP contribution is -2.51. The topological polar surface area (TPSA) is 58.9 Å². The Hall–Kier alpha value is -0.160. The van der Waals surface area contributed by atoms with Gasteiger partial charge in [-0.25, -0.2) is 0 Å². The van der Waals surface area contributed by atoms with Crippen molar-refractivity contribution >= 4 is 0 Å². The minimum absolute atomic E-state index is 0.191. The summed E-state index contributed by atoms with van der Waals surface area (Å²) in [6, 6.07) is 0. The van der Waals surface area contributed by atoms with Crippen LogP contribution in [0.5, 0.6) is 0 Å². The molecule has 0 bridgehead atoms. The molecule has 0 aromatic carbocycles. The molecule has 2 saturated carbocycles. The van der Waals surface area contributed by atoms with Crippen LogP contribution in [0.4, 0.5) is 0 Å². The van der Waals surface area contributed by atoms with Gasteiger partial charge in [0.25, 0.3) is 0 Å². The molecule has 192 valence electrons. The molecule has 32 heavy (non-hydrogen) atoms. The maximum Gasteiger partial charge on any atom is 0.0745 e. The highest BCUT2D eigenvalue weighted by Gasteiger charge is 2.49. The van der Waals surface area contributed by atoms with E-state index in [4.69, 9.17) is 9.47 Å². The Morgan fingerprint density at radius 3 is 1.19 bits per heavy atom. The second-order valence-electron chi connectivity index (χ2n) is 13.6. The van der Waals surface area contributed by atoms with Gasteiger partial charge in [0, 0.05) is 0 Å². The zero-order valence-electron chi connectivity index (χ0n) is 23.4. The fourth-order valence-corrected chi connectivity index (χ4v) is 6.07. The summed E-state index contributed by atoms with van der Waals surface area (Å²) in [5.41, 5.74) is 0.809. The molecule has 6 atom stereocenters. The summed E-state index contributed by atoms with van der Waals surface area (Å²) < 4.78 is 12.0. The highest BCUT2D eigenvalue weighted by Crippen LogP contribution is 2.51. The Morgan fingerprint density at radius 1 is 0.656 bits per heavy atom. The number of rotatable bonds is 6. The van der Waals surface area contributed by atoms with Crippen LogP contribution in [-0.2, 0) is 9.47 Å². The number of aliphatic hydroxyl groups excluding tert-OH is 2. The Bertz CT molecular complexity index is 512. The lowest BCUT2D eigenvalue weighted by molar-refractivity contribution is -0.154. The molecule has 0 amide bonds. The molecule has 4 nitrogen and oxygen atoms in total. The molecule has 0 spiro atoms. The minimum Gasteiger partial charge on any atom is -0.391 e. The molecule has 0 unspecified atom stereocenters. The van der Waals surface area contributed by atoms with Gasteiger partial charge in [-0.05, 0) is 73.0 Å². The van der Waals surface area contributed by atoms with E-state index in [2.05, 4.69) is 69.2 Å². The van der Waals surface area contributed by atoms with E-state index < -0.39 is 0 Å². The first kappa shape index (κ1) is 29.9. The molecule has 0 radical (unpaired) electrons. The van der Waals surface area contributed by atoms with Crippen molar-refractivity contribution in [2.75, 3.05) is 13.2 Å². The maximum absolute atomic E-state index is 9.36. The molecule has 0 heterocycles. The number of aliphatic hydroxyl groups is 2. The summed E-state index contributed by atoms with van der Waals surface area (Å²) >= 11 is 0. The third-order valence-corrected chi connectivity index (χ3v) is 8.76. The van der Waals surface area contributed by atoms with Crippen molar-refractivity contribution in [3.05, 3.63) is 0 Å². The second kappa shape index (κ2) is 11.1. The normalized spacial score (nSPS) is 34.7. The van der Waals surface area contributed by atoms with Crippen LogP contribution in [-0.4, -0.2) is 47.8 Å². The van der Waals surface area contributed by atoms with E-state index in [0.717, 1.165) is 0 Å². The number of ether oxygens (including phenoxy) is 2. The van der Waals surface area contributed by atoms with Crippen LogP contribution in [0.25, 0.3) is 0 Å². The van der Waals surface area contributed by atoms with Gasteiger partial charge in [-0.1, -0.05) is 69.2 Å². The van der Waals surface area contributed by atoms with Crippen LogP contribution in [0.1, 0.15) is 109 Å². The fourth-order valence-electron chi connectivity index (χ4n) is 6.07. The highest BCUT2D eigenvalue weighted by molar-refractivity contribution is 4.98. The predicted octanol–water partition coefficient (Wildman–Crippen LogP) is 6.47. The molecule has 2 aliphatic rings. The van der Waals surface area contributed by atoms with Crippen LogP contribution in [0, 0.1) is 33.5 Å². The van der Waals surface area contributed by atoms with Gasteiger partial charge < -0.3 is 19.7 Å². The Kier molecular flexibility index (Phi) is 10.3.